The second kappa shape index (κ2) is 10.1. The summed E-state index contributed by atoms with van der Waals surface area (Å²) in [5, 5.41) is 8.45. The fraction of sp³-hybridized carbons (Fsp3) is 0.750. The van der Waals surface area contributed by atoms with Gasteiger partial charge < -0.3 is 19.3 Å². The maximum atomic E-state index is 11.4. The van der Waals surface area contributed by atoms with Crippen LogP contribution >= 0.6 is 0 Å². The summed E-state index contributed by atoms with van der Waals surface area (Å²) in [4.78, 5) is 11.4. The molecule has 0 aliphatic heterocycles. The van der Waals surface area contributed by atoms with Crippen LogP contribution in [0.4, 0.5) is 0 Å². The van der Waals surface area contributed by atoms with E-state index in [1.807, 2.05) is 13.8 Å². The minimum atomic E-state index is -0.415. The van der Waals surface area contributed by atoms with E-state index in [2.05, 4.69) is 0 Å². The van der Waals surface area contributed by atoms with Crippen molar-refractivity contribution in [3.8, 4) is 0 Å². The summed E-state index contributed by atoms with van der Waals surface area (Å²) in [7, 11) is 0. The number of ether oxygens (including phenoxy) is 3. The average molecular weight is 246 g/mol. The normalized spacial score (nSPS) is 11.7. The number of rotatable bonds is 9. The first-order valence-electron chi connectivity index (χ1n) is 5.72. The number of hydrogen-bond donors (Lipinski definition) is 1. The van der Waals surface area contributed by atoms with Crippen molar-refractivity contribution in [2.24, 2.45) is 5.92 Å². The van der Waals surface area contributed by atoms with Crippen molar-refractivity contribution < 1.29 is 24.1 Å². The molecule has 0 aliphatic carbocycles. The number of carbonyl (C=O) groups is 1. The molecule has 0 saturated carbocycles. The van der Waals surface area contributed by atoms with Gasteiger partial charge in [0.2, 0.25) is 0 Å². The van der Waals surface area contributed by atoms with Crippen molar-refractivity contribution in [1.82, 2.24) is 0 Å². The number of hydrogen-bond acceptors (Lipinski definition) is 5. The lowest BCUT2D eigenvalue weighted by atomic mass is 10.2. The molecular formula is C12H22O5. The molecule has 1 N–H and O–H groups in total. The molecular weight excluding hydrogens is 224 g/mol. The zero-order chi connectivity index (χ0) is 13.1. The summed E-state index contributed by atoms with van der Waals surface area (Å²) < 4.78 is 15.1. The highest BCUT2D eigenvalue weighted by Gasteiger charge is 2.05. The first-order valence-corrected chi connectivity index (χ1v) is 5.72. The summed E-state index contributed by atoms with van der Waals surface area (Å²) in [6, 6.07) is 0. The zero-order valence-electron chi connectivity index (χ0n) is 10.8. The predicted molar refractivity (Wildman–Crippen MR) is 63.4 cm³/mol. The maximum Gasteiger partial charge on any atom is 0.336 e. The third kappa shape index (κ3) is 9.84. The van der Waals surface area contributed by atoms with Gasteiger partial charge in [0.1, 0.15) is 6.61 Å². The van der Waals surface area contributed by atoms with Crippen LogP contribution in [0.3, 0.4) is 0 Å². The third-order valence-electron chi connectivity index (χ3n) is 1.71. The zero-order valence-corrected chi connectivity index (χ0v) is 10.8. The average Bonchev–Trinajstić information content (AvgIpc) is 2.27. The van der Waals surface area contributed by atoms with Gasteiger partial charge in [0.15, 0.2) is 0 Å². The van der Waals surface area contributed by atoms with E-state index in [4.69, 9.17) is 19.3 Å². The fourth-order valence-electron chi connectivity index (χ4n) is 0.887. The van der Waals surface area contributed by atoms with Gasteiger partial charge in [-0.2, -0.15) is 0 Å². The van der Waals surface area contributed by atoms with Crippen LogP contribution in [0.1, 0.15) is 20.8 Å². The Labute approximate surface area is 102 Å². The lowest BCUT2D eigenvalue weighted by Gasteiger charge is -2.07. The van der Waals surface area contributed by atoms with Crippen LogP contribution < -0.4 is 0 Å². The van der Waals surface area contributed by atoms with Gasteiger partial charge in [-0.25, -0.2) is 4.79 Å². The molecule has 0 fully saturated rings. The van der Waals surface area contributed by atoms with Crippen molar-refractivity contribution in [3.63, 3.8) is 0 Å². The van der Waals surface area contributed by atoms with E-state index >= 15 is 0 Å². The molecule has 0 bridgehead atoms. The maximum absolute atomic E-state index is 11.4. The van der Waals surface area contributed by atoms with Gasteiger partial charge in [-0.1, -0.05) is 13.8 Å². The predicted octanol–water partition coefficient (Wildman–Crippen LogP) is 1.11. The highest BCUT2D eigenvalue weighted by atomic mass is 16.6. The van der Waals surface area contributed by atoms with Gasteiger partial charge >= 0.3 is 5.97 Å². The molecule has 17 heavy (non-hydrogen) atoms. The van der Waals surface area contributed by atoms with Crippen LogP contribution in [0, 0.1) is 5.92 Å². The number of carbonyl (C=O) groups excluding carboxylic acids is 1. The second-order valence-corrected chi connectivity index (χ2v) is 4.00. The van der Waals surface area contributed by atoms with E-state index in [0.29, 0.717) is 18.1 Å². The largest absolute Gasteiger partial charge is 0.500 e. The minimum Gasteiger partial charge on any atom is -0.500 e. The minimum absolute atomic E-state index is 0.0318. The van der Waals surface area contributed by atoms with Crippen LogP contribution in [0.5, 0.6) is 0 Å². The fourth-order valence-corrected chi connectivity index (χ4v) is 0.887. The Morgan fingerprint density at radius 1 is 1.29 bits per heavy atom. The van der Waals surface area contributed by atoms with Crippen LogP contribution in [0.2, 0.25) is 0 Å². The van der Waals surface area contributed by atoms with E-state index in [1.165, 1.54) is 6.26 Å². The van der Waals surface area contributed by atoms with Crippen LogP contribution in [0.25, 0.3) is 0 Å². The topological polar surface area (TPSA) is 65.0 Å². The Morgan fingerprint density at radius 2 is 2.00 bits per heavy atom. The van der Waals surface area contributed by atoms with Crippen molar-refractivity contribution in [1.29, 1.82) is 0 Å². The van der Waals surface area contributed by atoms with Crippen molar-refractivity contribution >= 4 is 5.97 Å². The van der Waals surface area contributed by atoms with E-state index in [-0.39, 0.29) is 26.4 Å². The number of aliphatic hydroxyl groups excluding tert-OH is 1. The van der Waals surface area contributed by atoms with Crippen LogP contribution in [-0.4, -0.2) is 44.1 Å². The van der Waals surface area contributed by atoms with Gasteiger partial charge in [-0.05, 0) is 12.8 Å². The highest BCUT2D eigenvalue weighted by molar-refractivity contribution is 5.87. The third-order valence-corrected chi connectivity index (χ3v) is 1.71. The smallest absolute Gasteiger partial charge is 0.336 e. The standard InChI is InChI=1S/C12H22O5/c1-10(2)8-16-9-11(3)12(14)17-7-6-15-5-4-13/h9-10,13H,4-8H2,1-3H3. The van der Waals surface area contributed by atoms with Crippen LogP contribution in [0.15, 0.2) is 11.8 Å². The summed E-state index contributed by atoms with van der Waals surface area (Å²) >= 11 is 0. The highest BCUT2D eigenvalue weighted by Crippen LogP contribution is 2.00. The quantitative estimate of drug-likeness (QED) is 0.286. The Morgan fingerprint density at radius 3 is 2.59 bits per heavy atom. The molecule has 0 aliphatic rings. The molecule has 0 saturated heterocycles. The molecule has 5 heteroatoms. The van der Waals surface area contributed by atoms with Gasteiger partial charge in [-0.15, -0.1) is 0 Å². The lowest BCUT2D eigenvalue weighted by molar-refractivity contribution is -0.140. The monoisotopic (exact) mass is 246 g/mol. The molecule has 0 aromatic rings. The van der Waals surface area contributed by atoms with Gasteiger partial charge in [0.05, 0.1) is 38.3 Å². The summed E-state index contributed by atoms with van der Waals surface area (Å²) in [5.41, 5.74) is 0.424. The van der Waals surface area contributed by atoms with E-state index in [1.54, 1.807) is 6.92 Å². The van der Waals surface area contributed by atoms with Gasteiger partial charge in [-0.3, -0.25) is 0 Å². The summed E-state index contributed by atoms with van der Waals surface area (Å²) in [6.45, 7) is 6.95. The van der Waals surface area contributed by atoms with Crippen LogP contribution in [-0.2, 0) is 19.0 Å². The van der Waals surface area contributed by atoms with Crippen molar-refractivity contribution in [2.45, 2.75) is 20.8 Å². The second-order valence-electron chi connectivity index (χ2n) is 4.00. The van der Waals surface area contributed by atoms with E-state index < -0.39 is 5.97 Å². The Bertz CT molecular complexity index is 235. The molecule has 0 spiro atoms. The molecule has 0 aromatic carbocycles. The Balaban J connectivity index is 3.66. The molecule has 0 amide bonds. The number of aliphatic hydroxyl groups is 1. The first-order chi connectivity index (χ1) is 8.07. The molecule has 0 aromatic heterocycles. The molecule has 0 heterocycles. The summed E-state index contributed by atoms with van der Waals surface area (Å²) in [5.74, 6) is 0.00306. The molecule has 0 radical (unpaired) electrons. The SMILES string of the molecule is CC(=COCC(C)C)C(=O)OCCOCCO. The van der Waals surface area contributed by atoms with Crippen molar-refractivity contribution in [3.05, 3.63) is 11.8 Å². The van der Waals surface area contributed by atoms with Gasteiger partial charge in [0, 0.05) is 0 Å². The van der Waals surface area contributed by atoms with E-state index in [9.17, 15) is 4.79 Å². The Hall–Kier alpha value is -1.07. The van der Waals surface area contributed by atoms with Gasteiger partial charge in [0.25, 0.3) is 0 Å². The molecule has 0 rings (SSSR count). The lowest BCUT2D eigenvalue weighted by Crippen LogP contribution is -2.13. The first kappa shape index (κ1) is 15.9. The molecule has 100 valence electrons. The summed E-state index contributed by atoms with van der Waals surface area (Å²) in [6.07, 6.45) is 1.41. The Kier molecular flexibility index (Phi) is 9.47. The molecule has 5 nitrogen and oxygen atoms in total. The molecule has 0 unspecified atom stereocenters. The number of esters is 1. The van der Waals surface area contributed by atoms with Crippen molar-refractivity contribution in [2.75, 3.05) is 33.0 Å². The molecule has 0 atom stereocenters. The van der Waals surface area contributed by atoms with E-state index in [0.717, 1.165) is 0 Å².